The zero-order chi connectivity index (χ0) is 23.1. The highest BCUT2D eigenvalue weighted by atomic mass is 19.3. The molecule has 3 aliphatic rings. The van der Waals surface area contributed by atoms with Crippen molar-refractivity contribution >= 4 is 17.7 Å². The Labute approximate surface area is 190 Å². The number of carbonyl (C=O) groups is 1. The van der Waals surface area contributed by atoms with Crippen LogP contribution >= 0.6 is 0 Å². The van der Waals surface area contributed by atoms with Crippen molar-refractivity contribution in [3.05, 3.63) is 59.9 Å². The van der Waals surface area contributed by atoms with Gasteiger partial charge in [0.15, 0.2) is 0 Å². The Morgan fingerprint density at radius 2 is 2.00 bits per heavy atom. The van der Waals surface area contributed by atoms with Crippen LogP contribution in [0.3, 0.4) is 0 Å². The molecular weight excluding hydrogens is 431 g/mol. The van der Waals surface area contributed by atoms with E-state index in [1.165, 1.54) is 12.1 Å². The Morgan fingerprint density at radius 1 is 1.18 bits per heavy atom. The van der Waals surface area contributed by atoms with Gasteiger partial charge in [0.2, 0.25) is 0 Å². The highest BCUT2D eigenvalue weighted by Crippen LogP contribution is 2.49. The molecule has 1 fully saturated rings. The van der Waals surface area contributed by atoms with Crippen molar-refractivity contribution in [2.24, 2.45) is 5.10 Å². The minimum Gasteiger partial charge on any atom is -0.489 e. The van der Waals surface area contributed by atoms with Crippen molar-refractivity contribution in [1.82, 2.24) is 4.90 Å². The number of hydrogen-bond acceptors (Lipinski definition) is 5. The molecule has 8 heteroatoms. The van der Waals surface area contributed by atoms with Crippen LogP contribution in [0, 0.1) is 5.82 Å². The van der Waals surface area contributed by atoms with E-state index in [4.69, 9.17) is 9.84 Å². The van der Waals surface area contributed by atoms with E-state index >= 15 is 0 Å². The lowest BCUT2D eigenvalue weighted by molar-refractivity contribution is -0.106. The van der Waals surface area contributed by atoms with Gasteiger partial charge in [-0.2, -0.15) is 5.10 Å². The summed E-state index contributed by atoms with van der Waals surface area (Å²) < 4.78 is 47.5. The summed E-state index contributed by atoms with van der Waals surface area (Å²) in [6, 6.07) is 13.9. The number of aldehydes is 1. The van der Waals surface area contributed by atoms with Crippen molar-refractivity contribution in [2.45, 2.75) is 43.1 Å². The van der Waals surface area contributed by atoms with Gasteiger partial charge in [0.05, 0.1) is 17.7 Å². The number of anilines is 1. The van der Waals surface area contributed by atoms with Crippen molar-refractivity contribution in [3.63, 3.8) is 0 Å². The molecule has 0 aliphatic carbocycles. The predicted molar refractivity (Wildman–Crippen MR) is 120 cm³/mol. The molecule has 0 bridgehead atoms. The Kier molecular flexibility index (Phi) is 5.64. The molecule has 33 heavy (non-hydrogen) atoms. The molecule has 3 aliphatic heterocycles. The van der Waals surface area contributed by atoms with Gasteiger partial charge in [0.25, 0.3) is 5.92 Å². The predicted octanol–water partition coefficient (Wildman–Crippen LogP) is 4.41. The lowest BCUT2D eigenvalue weighted by Gasteiger charge is -2.42. The fourth-order valence-electron chi connectivity index (χ4n) is 5.52. The molecule has 0 radical (unpaired) electrons. The number of halogens is 3. The first-order valence-electron chi connectivity index (χ1n) is 11.3. The molecule has 5 nitrogen and oxygen atoms in total. The third kappa shape index (κ3) is 3.90. The first-order chi connectivity index (χ1) is 15.9. The number of benzene rings is 2. The number of hydrazone groups is 1. The summed E-state index contributed by atoms with van der Waals surface area (Å²) in [6.07, 6.45) is 2.13. The third-order valence-electron chi connectivity index (χ3n) is 7.03. The minimum absolute atomic E-state index is 0.110. The second-order valence-corrected chi connectivity index (χ2v) is 9.02. The van der Waals surface area contributed by atoms with Gasteiger partial charge in [-0.25, -0.2) is 13.2 Å². The van der Waals surface area contributed by atoms with Crippen molar-refractivity contribution < 1.29 is 22.7 Å². The SMILES string of the molecule is O=CCC1=NN2c3cc(F)ccc3OCC2[C@]1(CCCN1CCC(F)(F)C1)c1ccccc1. The van der Waals surface area contributed by atoms with E-state index in [2.05, 4.69) is 0 Å². The maximum atomic E-state index is 14.1. The van der Waals surface area contributed by atoms with Crippen LogP contribution in [0.2, 0.25) is 0 Å². The lowest BCUT2D eigenvalue weighted by Crippen LogP contribution is -2.53. The lowest BCUT2D eigenvalue weighted by atomic mass is 9.67. The molecule has 174 valence electrons. The average molecular weight is 457 g/mol. The number of nitrogens with zero attached hydrogens (tertiary/aromatic N) is 3. The standard InChI is InChI=1S/C25H26F3N3O2/c26-19-7-8-21-20(15-19)31-23(16-33-21)25(22(29-31)9-14-32,18-5-2-1-3-6-18)10-4-12-30-13-11-24(27,28)17-30/h1-3,5-8,14-15,23H,4,9-13,16-17H2/t23?,25-/m1/s1. The van der Waals surface area contributed by atoms with E-state index in [0.717, 1.165) is 11.8 Å². The Bertz CT molecular complexity index is 1060. The monoisotopic (exact) mass is 457 g/mol. The average Bonchev–Trinajstić information content (AvgIpc) is 3.32. The number of hydrogen-bond donors (Lipinski definition) is 0. The van der Waals surface area contributed by atoms with Gasteiger partial charge in [-0.3, -0.25) is 9.91 Å². The summed E-state index contributed by atoms with van der Waals surface area (Å²) >= 11 is 0. The first kappa shape index (κ1) is 21.9. The van der Waals surface area contributed by atoms with Crippen LogP contribution in [-0.4, -0.2) is 55.1 Å². The molecule has 0 amide bonds. The Morgan fingerprint density at radius 3 is 2.73 bits per heavy atom. The third-order valence-corrected chi connectivity index (χ3v) is 7.03. The van der Waals surface area contributed by atoms with E-state index in [0.29, 0.717) is 49.7 Å². The number of ether oxygens (including phenoxy) is 1. The maximum Gasteiger partial charge on any atom is 0.261 e. The number of fused-ring (bicyclic) bond motifs is 3. The molecule has 5 rings (SSSR count). The number of carbonyl (C=O) groups excluding carboxylic acids is 1. The minimum atomic E-state index is -2.63. The van der Waals surface area contributed by atoms with Crippen LogP contribution in [-0.2, 0) is 10.2 Å². The topological polar surface area (TPSA) is 45.1 Å². The quantitative estimate of drug-likeness (QED) is 0.578. The van der Waals surface area contributed by atoms with Crippen LogP contribution < -0.4 is 9.75 Å². The summed E-state index contributed by atoms with van der Waals surface area (Å²) in [6.45, 7) is 1.02. The number of rotatable bonds is 7. The fourth-order valence-corrected chi connectivity index (χ4v) is 5.52. The van der Waals surface area contributed by atoms with Crippen molar-refractivity contribution in [2.75, 3.05) is 31.3 Å². The van der Waals surface area contributed by atoms with E-state index in [1.807, 2.05) is 30.3 Å². The molecule has 2 aromatic rings. The van der Waals surface area contributed by atoms with Crippen LogP contribution in [0.15, 0.2) is 53.6 Å². The zero-order valence-electron chi connectivity index (χ0n) is 18.2. The molecule has 3 heterocycles. The zero-order valence-corrected chi connectivity index (χ0v) is 18.2. The van der Waals surface area contributed by atoms with Gasteiger partial charge in [-0.15, -0.1) is 0 Å². The van der Waals surface area contributed by atoms with Crippen LogP contribution in [0.4, 0.5) is 18.9 Å². The summed E-state index contributed by atoms with van der Waals surface area (Å²) in [5.74, 6) is -2.47. The second-order valence-electron chi connectivity index (χ2n) is 9.02. The molecule has 0 saturated carbocycles. The summed E-state index contributed by atoms with van der Waals surface area (Å²) in [5, 5.41) is 6.61. The first-order valence-corrected chi connectivity index (χ1v) is 11.3. The summed E-state index contributed by atoms with van der Waals surface area (Å²) in [7, 11) is 0. The largest absolute Gasteiger partial charge is 0.489 e. The van der Waals surface area contributed by atoms with Gasteiger partial charge in [-0.05, 0) is 37.1 Å². The Balaban J connectivity index is 1.50. The smallest absolute Gasteiger partial charge is 0.261 e. The van der Waals surface area contributed by atoms with Crippen LogP contribution in [0.5, 0.6) is 5.75 Å². The molecule has 1 unspecified atom stereocenters. The molecule has 2 atom stereocenters. The van der Waals surface area contributed by atoms with E-state index < -0.39 is 17.2 Å². The Hall–Kier alpha value is -2.87. The van der Waals surface area contributed by atoms with Crippen molar-refractivity contribution in [3.8, 4) is 5.75 Å². The maximum absolute atomic E-state index is 14.1. The molecule has 1 saturated heterocycles. The van der Waals surface area contributed by atoms with Crippen molar-refractivity contribution in [1.29, 1.82) is 0 Å². The van der Waals surface area contributed by atoms with Crippen LogP contribution in [0.1, 0.15) is 31.2 Å². The fraction of sp³-hybridized carbons (Fsp3) is 0.440. The van der Waals surface area contributed by atoms with E-state index in [-0.39, 0.29) is 25.4 Å². The normalized spacial score (nSPS) is 25.8. The highest BCUT2D eigenvalue weighted by Gasteiger charge is 2.54. The van der Waals surface area contributed by atoms with Gasteiger partial charge in [0, 0.05) is 25.5 Å². The molecule has 2 aromatic carbocycles. The second kappa shape index (κ2) is 8.48. The molecule has 0 aromatic heterocycles. The summed E-state index contributed by atoms with van der Waals surface area (Å²) in [4.78, 5) is 13.5. The molecule has 0 spiro atoms. The summed E-state index contributed by atoms with van der Waals surface area (Å²) in [5.41, 5.74) is 1.58. The van der Waals surface area contributed by atoms with Gasteiger partial charge in [0.1, 0.15) is 36.2 Å². The van der Waals surface area contributed by atoms with Crippen LogP contribution in [0.25, 0.3) is 0 Å². The number of alkyl halides is 2. The molecular formula is C25H26F3N3O2. The molecule has 0 N–H and O–H groups in total. The highest BCUT2D eigenvalue weighted by molar-refractivity contribution is 6.05. The van der Waals surface area contributed by atoms with Gasteiger partial charge < -0.3 is 9.53 Å². The van der Waals surface area contributed by atoms with E-state index in [9.17, 15) is 18.0 Å². The van der Waals surface area contributed by atoms with E-state index in [1.54, 1.807) is 16.0 Å². The van der Waals surface area contributed by atoms with Gasteiger partial charge in [-0.1, -0.05) is 30.3 Å². The number of likely N-dealkylation sites (tertiary alicyclic amines) is 1. The van der Waals surface area contributed by atoms with Gasteiger partial charge >= 0.3 is 0 Å².